The summed E-state index contributed by atoms with van der Waals surface area (Å²) in [4.78, 5) is 4.33. The van der Waals surface area contributed by atoms with Crippen molar-refractivity contribution in [2.24, 2.45) is 5.84 Å². The molecule has 0 saturated carbocycles. The van der Waals surface area contributed by atoms with Crippen LogP contribution >= 0.6 is 0 Å². The zero-order valence-corrected chi connectivity index (χ0v) is 10.4. The molecule has 18 heavy (non-hydrogen) atoms. The maximum absolute atomic E-state index is 13.4. The molecule has 2 rings (SSSR count). The minimum Gasteiger partial charge on any atom is -0.271 e. The molecule has 1 atom stereocenters. The third-order valence-electron chi connectivity index (χ3n) is 3.04. The lowest BCUT2D eigenvalue weighted by Gasteiger charge is -2.19. The van der Waals surface area contributed by atoms with Gasteiger partial charge in [-0.2, -0.15) is 0 Å². The first-order valence-electron chi connectivity index (χ1n) is 5.77. The summed E-state index contributed by atoms with van der Waals surface area (Å²) in [6.07, 6.45) is 1.71. The topological polar surface area (TPSA) is 50.9 Å². The van der Waals surface area contributed by atoms with Gasteiger partial charge in [0.15, 0.2) is 0 Å². The first kappa shape index (κ1) is 12.7. The van der Waals surface area contributed by atoms with Gasteiger partial charge in [0, 0.05) is 6.20 Å². The number of pyridine rings is 1. The van der Waals surface area contributed by atoms with Crippen molar-refractivity contribution in [2.45, 2.75) is 19.9 Å². The van der Waals surface area contributed by atoms with E-state index in [2.05, 4.69) is 10.4 Å². The number of rotatable bonds is 3. The minimum absolute atomic E-state index is 0.274. The first-order valence-corrected chi connectivity index (χ1v) is 5.77. The van der Waals surface area contributed by atoms with Gasteiger partial charge in [-0.25, -0.2) is 9.82 Å². The molecular formula is C14H16FN3. The Morgan fingerprint density at radius 2 is 2.00 bits per heavy atom. The van der Waals surface area contributed by atoms with Crippen LogP contribution in [-0.4, -0.2) is 4.98 Å². The summed E-state index contributed by atoms with van der Waals surface area (Å²) in [6.45, 7) is 3.89. The van der Waals surface area contributed by atoms with E-state index in [0.29, 0.717) is 0 Å². The lowest BCUT2D eigenvalue weighted by Crippen LogP contribution is -2.30. The molecule has 0 saturated heterocycles. The van der Waals surface area contributed by atoms with E-state index in [0.717, 1.165) is 22.4 Å². The second-order valence-corrected chi connectivity index (χ2v) is 4.31. The van der Waals surface area contributed by atoms with E-state index in [1.165, 1.54) is 12.1 Å². The van der Waals surface area contributed by atoms with Crippen LogP contribution in [-0.2, 0) is 0 Å². The van der Waals surface area contributed by atoms with Crippen LogP contribution in [0.2, 0.25) is 0 Å². The molecule has 4 heteroatoms. The standard InChI is InChI=1S/C14H16FN3/c1-9-5-6-11(15)8-12(9)14(18-16)13-10(2)4-3-7-17-13/h3-8,14,18H,16H2,1-2H3. The highest BCUT2D eigenvalue weighted by Crippen LogP contribution is 2.25. The van der Waals surface area contributed by atoms with E-state index in [1.54, 1.807) is 12.3 Å². The molecule has 94 valence electrons. The second kappa shape index (κ2) is 5.25. The van der Waals surface area contributed by atoms with Crippen molar-refractivity contribution in [3.8, 4) is 0 Å². The van der Waals surface area contributed by atoms with Crippen molar-refractivity contribution in [3.05, 3.63) is 64.7 Å². The van der Waals surface area contributed by atoms with Gasteiger partial charge in [-0.05, 0) is 48.7 Å². The third-order valence-corrected chi connectivity index (χ3v) is 3.04. The van der Waals surface area contributed by atoms with Crippen molar-refractivity contribution < 1.29 is 4.39 Å². The highest BCUT2D eigenvalue weighted by molar-refractivity contribution is 5.37. The Balaban J connectivity index is 2.52. The monoisotopic (exact) mass is 245 g/mol. The highest BCUT2D eigenvalue weighted by Gasteiger charge is 2.18. The Kier molecular flexibility index (Phi) is 3.69. The van der Waals surface area contributed by atoms with E-state index in [1.807, 2.05) is 26.0 Å². The fourth-order valence-electron chi connectivity index (χ4n) is 2.04. The van der Waals surface area contributed by atoms with Gasteiger partial charge in [-0.15, -0.1) is 0 Å². The number of halogens is 1. The molecule has 0 radical (unpaired) electrons. The number of aryl methyl sites for hydroxylation is 2. The normalized spacial score (nSPS) is 12.4. The molecule has 0 fully saturated rings. The number of hydrazine groups is 1. The van der Waals surface area contributed by atoms with Crippen molar-refractivity contribution in [2.75, 3.05) is 0 Å². The van der Waals surface area contributed by atoms with Crippen molar-refractivity contribution >= 4 is 0 Å². The number of nitrogens with zero attached hydrogens (tertiary/aromatic N) is 1. The average Bonchev–Trinajstić information content (AvgIpc) is 2.36. The van der Waals surface area contributed by atoms with Crippen molar-refractivity contribution in [3.63, 3.8) is 0 Å². The number of nitrogens with one attached hydrogen (secondary N) is 1. The molecule has 3 nitrogen and oxygen atoms in total. The Morgan fingerprint density at radius 3 is 2.67 bits per heavy atom. The van der Waals surface area contributed by atoms with Gasteiger partial charge in [0.2, 0.25) is 0 Å². The summed E-state index contributed by atoms with van der Waals surface area (Å²) in [6, 6.07) is 8.20. The molecule has 0 aliphatic heterocycles. The van der Waals surface area contributed by atoms with Crippen molar-refractivity contribution in [1.82, 2.24) is 10.4 Å². The Morgan fingerprint density at radius 1 is 1.22 bits per heavy atom. The number of hydrogen-bond acceptors (Lipinski definition) is 3. The summed E-state index contributed by atoms with van der Waals surface area (Å²) in [5.41, 5.74) is 6.33. The molecular weight excluding hydrogens is 229 g/mol. The zero-order chi connectivity index (χ0) is 13.1. The van der Waals surface area contributed by atoms with Crippen LogP contribution in [0.25, 0.3) is 0 Å². The molecule has 0 bridgehead atoms. The number of benzene rings is 1. The van der Waals surface area contributed by atoms with E-state index in [-0.39, 0.29) is 11.9 Å². The molecule has 1 aromatic carbocycles. The van der Waals surface area contributed by atoms with Gasteiger partial charge < -0.3 is 0 Å². The van der Waals surface area contributed by atoms with E-state index in [4.69, 9.17) is 5.84 Å². The van der Waals surface area contributed by atoms with Gasteiger partial charge >= 0.3 is 0 Å². The van der Waals surface area contributed by atoms with Crippen LogP contribution in [0.4, 0.5) is 4.39 Å². The highest BCUT2D eigenvalue weighted by atomic mass is 19.1. The van der Waals surface area contributed by atoms with Gasteiger partial charge in [-0.1, -0.05) is 12.1 Å². The largest absolute Gasteiger partial charge is 0.271 e. The quantitative estimate of drug-likeness (QED) is 0.645. The molecule has 1 heterocycles. The number of nitrogens with two attached hydrogens (primary N) is 1. The summed E-state index contributed by atoms with van der Waals surface area (Å²) >= 11 is 0. The minimum atomic E-state index is -0.304. The van der Waals surface area contributed by atoms with Gasteiger partial charge in [0.25, 0.3) is 0 Å². The van der Waals surface area contributed by atoms with Gasteiger partial charge in [-0.3, -0.25) is 10.8 Å². The predicted molar refractivity (Wildman–Crippen MR) is 69.3 cm³/mol. The first-order chi connectivity index (χ1) is 8.63. The van der Waals surface area contributed by atoms with Gasteiger partial charge in [0.1, 0.15) is 5.82 Å². The SMILES string of the molecule is Cc1ccc(F)cc1C(NN)c1ncccc1C. The fourth-order valence-corrected chi connectivity index (χ4v) is 2.04. The predicted octanol–water partition coefficient (Wildman–Crippen LogP) is 2.39. The van der Waals surface area contributed by atoms with Crippen LogP contribution in [0.1, 0.15) is 28.4 Å². The molecule has 2 aromatic rings. The smallest absolute Gasteiger partial charge is 0.123 e. The molecule has 0 aliphatic rings. The average molecular weight is 245 g/mol. The summed E-state index contributed by atoms with van der Waals surface area (Å²) in [5, 5.41) is 0. The summed E-state index contributed by atoms with van der Waals surface area (Å²) in [5.74, 6) is 5.34. The molecule has 0 amide bonds. The fraction of sp³-hybridized carbons (Fsp3) is 0.214. The maximum atomic E-state index is 13.4. The van der Waals surface area contributed by atoms with Crippen LogP contribution in [0.5, 0.6) is 0 Å². The molecule has 1 unspecified atom stereocenters. The van der Waals surface area contributed by atoms with Crippen molar-refractivity contribution in [1.29, 1.82) is 0 Å². The van der Waals surface area contributed by atoms with Crippen LogP contribution in [0.15, 0.2) is 36.5 Å². The molecule has 0 spiro atoms. The van der Waals surface area contributed by atoms with Crippen LogP contribution in [0.3, 0.4) is 0 Å². The summed E-state index contributed by atoms with van der Waals surface area (Å²) in [7, 11) is 0. The maximum Gasteiger partial charge on any atom is 0.123 e. The lowest BCUT2D eigenvalue weighted by atomic mass is 9.96. The van der Waals surface area contributed by atoms with E-state index >= 15 is 0 Å². The Hall–Kier alpha value is -1.78. The summed E-state index contributed by atoms with van der Waals surface area (Å²) < 4.78 is 13.4. The lowest BCUT2D eigenvalue weighted by molar-refractivity contribution is 0.593. The van der Waals surface area contributed by atoms with Crippen LogP contribution < -0.4 is 11.3 Å². The Bertz CT molecular complexity index is 554. The van der Waals surface area contributed by atoms with E-state index < -0.39 is 0 Å². The molecule has 1 aromatic heterocycles. The van der Waals surface area contributed by atoms with Gasteiger partial charge in [0.05, 0.1) is 11.7 Å². The molecule has 3 N–H and O–H groups in total. The van der Waals surface area contributed by atoms with E-state index in [9.17, 15) is 4.39 Å². The number of hydrogen-bond donors (Lipinski definition) is 2. The van der Waals surface area contributed by atoms with Crippen LogP contribution in [0, 0.1) is 19.7 Å². The molecule has 0 aliphatic carbocycles. The third kappa shape index (κ3) is 2.39. The number of aromatic nitrogens is 1. The Labute approximate surface area is 106 Å². The zero-order valence-electron chi connectivity index (χ0n) is 10.4. The second-order valence-electron chi connectivity index (χ2n) is 4.31.